The molecular weight excluding hydrogens is 384 g/mol. The Morgan fingerprint density at radius 2 is 2.19 bits per heavy atom. The van der Waals surface area contributed by atoms with Crippen LogP contribution in [0.1, 0.15) is 19.0 Å². The predicted octanol–water partition coefficient (Wildman–Crippen LogP) is 1.18. The summed E-state index contributed by atoms with van der Waals surface area (Å²) in [6.45, 7) is 0.834. The summed E-state index contributed by atoms with van der Waals surface area (Å²) < 4.78 is 4.78. The summed E-state index contributed by atoms with van der Waals surface area (Å²) in [6, 6.07) is 1.22. The normalized spacial score (nSPS) is 16.6. The summed E-state index contributed by atoms with van der Waals surface area (Å²) in [4.78, 5) is 43.5. The number of aromatic nitrogens is 2. The van der Waals surface area contributed by atoms with Gasteiger partial charge in [-0.05, 0) is 11.6 Å². The molecule has 1 fully saturated rings. The fourth-order valence-corrected chi connectivity index (χ4v) is 2.90. The molecule has 12 nitrogen and oxygen atoms in total. The summed E-state index contributed by atoms with van der Waals surface area (Å²) in [5.74, 6) is -0.764. The highest BCUT2D eigenvalue weighted by Crippen LogP contribution is 2.32. The average Bonchev–Trinajstić information content (AvgIpc) is 2.59. The first kappa shape index (κ1) is 20.1. The molecule has 1 aromatic rings. The van der Waals surface area contributed by atoms with Gasteiger partial charge < -0.3 is 19.6 Å². The maximum absolute atomic E-state index is 11.6. The van der Waals surface area contributed by atoms with E-state index in [1.165, 1.54) is 4.90 Å². The summed E-state index contributed by atoms with van der Waals surface area (Å²) in [6.07, 6.45) is -1.27. The number of halogens is 1. The number of carbonyl (C=O) groups is 2. The van der Waals surface area contributed by atoms with Gasteiger partial charge in [-0.2, -0.15) is 10.2 Å². The molecule has 1 atom stereocenters. The second-order valence-corrected chi connectivity index (χ2v) is 5.93. The zero-order chi connectivity index (χ0) is 20.1. The number of nitriles is 1. The van der Waals surface area contributed by atoms with E-state index in [4.69, 9.17) is 21.6 Å². The van der Waals surface area contributed by atoms with Gasteiger partial charge in [-0.15, -0.1) is 0 Å². The van der Waals surface area contributed by atoms with Crippen LogP contribution in [0.2, 0.25) is 5.28 Å². The van der Waals surface area contributed by atoms with Crippen LogP contribution >= 0.6 is 11.6 Å². The zero-order valence-corrected chi connectivity index (χ0v) is 14.9. The van der Waals surface area contributed by atoms with Crippen LogP contribution in [-0.4, -0.2) is 62.6 Å². The smallest absolute Gasteiger partial charge is 0.407 e. The highest BCUT2D eigenvalue weighted by atomic mass is 35.5. The van der Waals surface area contributed by atoms with Crippen molar-refractivity contribution in [3.63, 3.8) is 0 Å². The summed E-state index contributed by atoms with van der Waals surface area (Å²) >= 11 is 5.87. The third kappa shape index (κ3) is 4.70. The maximum atomic E-state index is 11.6. The van der Waals surface area contributed by atoms with Crippen LogP contribution < -0.4 is 4.90 Å². The van der Waals surface area contributed by atoms with E-state index in [-0.39, 0.29) is 42.9 Å². The van der Waals surface area contributed by atoms with E-state index in [1.807, 2.05) is 6.07 Å². The molecule has 1 saturated heterocycles. The minimum absolute atomic E-state index is 0.0149. The number of carboxylic acid groups (broad SMARTS) is 1. The van der Waals surface area contributed by atoms with Crippen molar-refractivity contribution in [1.82, 2.24) is 14.9 Å². The Kier molecular flexibility index (Phi) is 6.30. The first-order valence-electron chi connectivity index (χ1n) is 7.70. The number of anilines is 1. The third-order valence-corrected chi connectivity index (χ3v) is 4.03. The highest BCUT2D eigenvalue weighted by molar-refractivity contribution is 6.28. The van der Waals surface area contributed by atoms with Crippen LogP contribution in [0.25, 0.3) is 0 Å². The molecule has 0 unspecified atom stereocenters. The number of esters is 1. The van der Waals surface area contributed by atoms with E-state index in [0.29, 0.717) is 0 Å². The van der Waals surface area contributed by atoms with Crippen LogP contribution in [-0.2, 0) is 16.1 Å². The zero-order valence-electron chi connectivity index (χ0n) is 14.2. The molecule has 144 valence electrons. The van der Waals surface area contributed by atoms with Crippen LogP contribution in [0.3, 0.4) is 0 Å². The largest absolute Gasteiger partial charge is 0.465 e. The van der Waals surface area contributed by atoms with Crippen molar-refractivity contribution in [3.8, 4) is 6.07 Å². The van der Waals surface area contributed by atoms with Gasteiger partial charge >= 0.3 is 17.7 Å². The van der Waals surface area contributed by atoms with E-state index in [2.05, 4.69) is 9.97 Å². The van der Waals surface area contributed by atoms with Gasteiger partial charge in [-0.1, -0.05) is 0 Å². The van der Waals surface area contributed by atoms with E-state index >= 15 is 0 Å². The minimum atomic E-state index is -1.18. The first-order chi connectivity index (χ1) is 12.7. The number of amides is 1. The number of ether oxygens (including phenoxy) is 1. The van der Waals surface area contributed by atoms with Crippen molar-refractivity contribution in [2.75, 3.05) is 24.5 Å². The van der Waals surface area contributed by atoms with Crippen molar-refractivity contribution in [3.05, 3.63) is 21.1 Å². The topological polar surface area (TPSA) is 163 Å². The van der Waals surface area contributed by atoms with Crippen LogP contribution in [0, 0.1) is 21.4 Å². The quantitative estimate of drug-likeness (QED) is 0.329. The molecule has 0 saturated carbocycles. The van der Waals surface area contributed by atoms with Crippen LogP contribution in [0.4, 0.5) is 16.3 Å². The Bertz CT molecular complexity index is 812. The van der Waals surface area contributed by atoms with Crippen molar-refractivity contribution in [2.45, 2.75) is 26.0 Å². The lowest BCUT2D eigenvalue weighted by Crippen LogP contribution is -2.55. The van der Waals surface area contributed by atoms with Gasteiger partial charge in [-0.3, -0.25) is 14.9 Å². The molecule has 1 aromatic heterocycles. The molecule has 13 heteroatoms. The Morgan fingerprint density at radius 1 is 1.48 bits per heavy atom. The van der Waals surface area contributed by atoms with Gasteiger partial charge in [0.2, 0.25) is 11.1 Å². The van der Waals surface area contributed by atoms with Crippen molar-refractivity contribution in [2.24, 2.45) is 0 Å². The monoisotopic (exact) mass is 398 g/mol. The molecule has 0 radical (unpaired) electrons. The number of rotatable bonds is 5. The summed E-state index contributed by atoms with van der Waals surface area (Å²) in [5, 5.41) is 29.5. The van der Waals surface area contributed by atoms with Crippen molar-refractivity contribution in [1.29, 1.82) is 5.26 Å². The van der Waals surface area contributed by atoms with Gasteiger partial charge in [0.05, 0.1) is 23.5 Å². The molecule has 2 rings (SSSR count). The van der Waals surface area contributed by atoms with Crippen molar-refractivity contribution < 1.29 is 24.4 Å². The van der Waals surface area contributed by atoms with Crippen LogP contribution in [0.15, 0.2) is 0 Å². The number of nitro groups is 1. The number of hydrogen-bond acceptors (Lipinski definition) is 9. The van der Waals surface area contributed by atoms with Gasteiger partial charge in [0, 0.05) is 26.6 Å². The minimum Gasteiger partial charge on any atom is -0.465 e. The molecule has 0 bridgehead atoms. The molecule has 1 aliphatic heterocycles. The number of carbonyl (C=O) groups excluding carboxylic acids is 1. The van der Waals surface area contributed by atoms with Crippen LogP contribution in [0.5, 0.6) is 0 Å². The molecule has 0 spiro atoms. The van der Waals surface area contributed by atoms with E-state index < -0.39 is 35.3 Å². The predicted molar refractivity (Wildman–Crippen MR) is 90.1 cm³/mol. The summed E-state index contributed by atoms with van der Waals surface area (Å²) in [5.41, 5.74) is -0.664. The van der Waals surface area contributed by atoms with E-state index in [1.54, 1.807) is 0 Å². The SMILES string of the molecule is CC(=O)OCc1nc(Cl)nc(N2CCN(C(=O)O)[C@@H](CC#N)C2)c1[N+](=O)[O-]. The lowest BCUT2D eigenvalue weighted by atomic mass is 10.1. The Hall–Kier alpha value is -3.20. The number of nitrogens with zero attached hydrogens (tertiary/aromatic N) is 6. The molecule has 0 aromatic carbocycles. The second-order valence-electron chi connectivity index (χ2n) is 5.59. The molecular formula is C14H15ClN6O6. The summed E-state index contributed by atoms with van der Waals surface area (Å²) in [7, 11) is 0. The average molecular weight is 399 g/mol. The lowest BCUT2D eigenvalue weighted by Gasteiger charge is -2.39. The standard InChI is InChI=1S/C14H15ClN6O6/c1-8(22)27-7-10-11(21(25)26)12(18-13(15)17-10)19-4-5-20(14(23)24)9(6-19)2-3-16/h9H,2,4-7H2,1H3,(H,23,24)/t9-/m0/s1. The van der Waals surface area contributed by atoms with Gasteiger partial charge in [0.15, 0.2) is 5.69 Å². The van der Waals surface area contributed by atoms with Gasteiger partial charge in [0.1, 0.15) is 6.61 Å². The van der Waals surface area contributed by atoms with Gasteiger partial charge in [-0.25, -0.2) is 9.78 Å². The molecule has 1 amide bonds. The molecule has 27 heavy (non-hydrogen) atoms. The van der Waals surface area contributed by atoms with Crippen molar-refractivity contribution >= 4 is 35.2 Å². The molecule has 0 aliphatic carbocycles. The molecule has 1 aliphatic rings. The fourth-order valence-electron chi connectivity index (χ4n) is 2.72. The number of hydrogen-bond donors (Lipinski definition) is 1. The third-order valence-electron chi connectivity index (χ3n) is 3.86. The molecule has 2 heterocycles. The highest BCUT2D eigenvalue weighted by Gasteiger charge is 2.35. The lowest BCUT2D eigenvalue weighted by molar-refractivity contribution is -0.385. The maximum Gasteiger partial charge on any atom is 0.407 e. The Morgan fingerprint density at radius 3 is 2.74 bits per heavy atom. The Balaban J connectivity index is 2.42. The Labute approximate surface area is 158 Å². The first-order valence-corrected chi connectivity index (χ1v) is 8.08. The molecule has 1 N–H and O–H groups in total. The van der Waals surface area contributed by atoms with E-state index in [0.717, 1.165) is 11.8 Å². The van der Waals surface area contributed by atoms with E-state index in [9.17, 15) is 24.8 Å². The second kappa shape index (κ2) is 8.45. The number of piperazine rings is 1. The van der Waals surface area contributed by atoms with Gasteiger partial charge in [0.25, 0.3) is 0 Å². The fraction of sp³-hybridized carbons (Fsp3) is 0.500.